The summed E-state index contributed by atoms with van der Waals surface area (Å²) in [6.07, 6.45) is 1.43. The predicted molar refractivity (Wildman–Crippen MR) is 52.4 cm³/mol. The molecule has 0 aliphatic carbocycles. The molecule has 1 aromatic rings. The van der Waals surface area contributed by atoms with E-state index < -0.39 is 0 Å². The Labute approximate surface area is 82.6 Å². The molecule has 0 bridgehead atoms. The molecule has 0 aromatic carbocycles. The van der Waals surface area contributed by atoms with Crippen molar-refractivity contribution >= 4 is 11.7 Å². The molecule has 1 heterocycles. The largest absolute Gasteiger partial charge is 0.310 e. The Morgan fingerprint density at radius 1 is 1.57 bits per heavy atom. The smallest absolute Gasteiger partial charge is 0.228 e. The van der Waals surface area contributed by atoms with E-state index in [0.717, 1.165) is 0 Å². The van der Waals surface area contributed by atoms with Crippen molar-refractivity contribution < 1.29 is 4.79 Å². The quantitative estimate of drug-likeness (QED) is 0.767. The second-order valence-electron chi connectivity index (χ2n) is 3.19. The summed E-state index contributed by atoms with van der Waals surface area (Å²) in [5.74, 6) is 0.317. The molecule has 4 heteroatoms. The van der Waals surface area contributed by atoms with Crippen molar-refractivity contribution in [2.45, 2.75) is 13.8 Å². The van der Waals surface area contributed by atoms with Gasteiger partial charge in [0.05, 0.1) is 5.56 Å². The minimum atomic E-state index is -0.0813. The van der Waals surface area contributed by atoms with Crippen LogP contribution in [0.25, 0.3) is 0 Å². The first-order valence-corrected chi connectivity index (χ1v) is 4.30. The lowest BCUT2D eigenvalue weighted by atomic mass is 10.2. The molecule has 0 aliphatic heterocycles. The van der Waals surface area contributed by atoms with Gasteiger partial charge in [0.15, 0.2) is 0 Å². The van der Waals surface area contributed by atoms with Crippen molar-refractivity contribution in [3.8, 4) is 6.07 Å². The first kappa shape index (κ1) is 10.2. The molecular formula is C10H11N3O. The minimum absolute atomic E-state index is 0.0764. The molecule has 0 saturated carbocycles. The fraction of sp³-hybridized carbons (Fsp3) is 0.300. The van der Waals surface area contributed by atoms with E-state index in [4.69, 9.17) is 5.26 Å². The van der Waals surface area contributed by atoms with Crippen LogP contribution in [0.5, 0.6) is 0 Å². The van der Waals surface area contributed by atoms with E-state index >= 15 is 0 Å². The van der Waals surface area contributed by atoms with Crippen molar-refractivity contribution in [1.29, 1.82) is 5.26 Å². The molecule has 0 aliphatic rings. The number of rotatable bonds is 2. The van der Waals surface area contributed by atoms with Crippen molar-refractivity contribution in [3.63, 3.8) is 0 Å². The van der Waals surface area contributed by atoms with Gasteiger partial charge in [-0.3, -0.25) is 4.79 Å². The van der Waals surface area contributed by atoms with Crippen LogP contribution in [0.15, 0.2) is 18.3 Å². The van der Waals surface area contributed by atoms with E-state index in [1.54, 1.807) is 26.0 Å². The van der Waals surface area contributed by atoms with Crippen molar-refractivity contribution in [2.24, 2.45) is 5.92 Å². The Kier molecular flexibility index (Phi) is 3.19. The number of carbonyl (C=O) groups is 1. The van der Waals surface area contributed by atoms with Gasteiger partial charge in [0.2, 0.25) is 5.91 Å². The molecule has 0 unspecified atom stereocenters. The van der Waals surface area contributed by atoms with Gasteiger partial charge in [-0.1, -0.05) is 13.8 Å². The number of amides is 1. The van der Waals surface area contributed by atoms with Crippen LogP contribution in [0.4, 0.5) is 5.82 Å². The Balaban J connectivity index is 2.70. The lowest BCUT2D eigenvalue weighted by Gasteiger charge is -2.05. The zero-order valence-electron chi connectivity index (χ0n) is 8.11. The van der Waals surface area contributed by atoms with Crippen molar-refractivity contribution in [3.05, 3.63) is 23.9 Å². The van der Waals surface area contributed by atoms with Gasteiger partial charge in [-0.25, -0.2) is 4.98 Å². The minimum Gasteiger partial charge on any atom is -0.310 e. The summed E-state index contributed by atoms with van der Waals surface area (Å²) in [4.78, 5) is 15.2. The van der Waals surface area contributed by atoms with Gasteiger partial charge in [-0.2, -0.15) is 5.26 Å². The Hall–Kier alpha value is -1.89. The van der Waals surface area contributed by atoms with Crippen LogP contribution in [0.1, 0.15) is 19.4 Å². The number of nitrogens with zero attached hydrogens (tertiary/aromatic N) is 2. The average molecular weight is 189 g/mol. The lowest BCUT2D eigenvalue weighted by molar-refractivity contribution is -0.118. The Morgan fingerprint density at radius 3 is 2.71 bits per heavy atom. The summed E-state index contributed by atoms with van der Waals surface area (Å²) < 4.78 is 0. The number of nitriles is 1. The second kappa shape index (κ2) is 4.38. The topological polar surface area (TPSA) is 65.8 Å². The van der Waals surface area contributed by atoms with E-state index in [1.165, 1.54) is 6.20 Å². The van der Waals surface area contributed by atoms with Crippen molar-refractivity contribution in [1.82, 2.24) is 4.98 Å². The molecule has 0 spiro atoms. The van der Waals surface area contributed by atoms with Crippen LogP contribution in [0.3, 0.4) is 0 Å². The fourth-order valence-corrected chi connectivity index (χ4v) is 0.805. The van der Waals surface area contributed by atoms with E-state index in [0.29, 0.717) is 11.4 Å². The summed E-state index contributed by atoms with van der Waals surface area (Å²) in [5.41, 5.74) is 0.479. The SMILES string of the molecule is CC(C)C(=O)Nc1ccc(C#N)cn1. The van der Waals surface area contributed by atoms with Gasteiger partial charge in [0.25, 0.3) is 0 Å². The lowest BCUT2D eigenvalue weighted by Crippen LogP contribution is -2.18. The molecule has 0 radical (unpaired) electrons. The highest BCUT2D eigenvalue weighted by atomic mass is 16.1. The molecule has 1 aromatic heterocycles. The third-order valence-electron chi connectivity index (χ3n) is 1.67. The van der Waals surface area contributed by atoms with E-state index in [2.05, 4.69) is 10.3 Å². The van der Waals surface area contributed by atoms with Crippen LogP contribution in [-0.4, -0.2) is 10.9 Å². The van der Waals surface area contributed by atoms with Crippen LogP contribution in [0, 0.1) is 17.2 Å². The third kappa shape index (κ3) is 2.56. The summed E-state index contributed by atoms with van der Waals surface area (Å²) in [6, 6.07) is 5.18. The van der Waals surface area contributed by atoms with Gasteiger partial charge in [0, 0.05) is 12.1 Å². The van der Waals surface area contributed by atoms with E-state index in [9.17, 15) is 4.79 Å². The maximum atomic E-state index is 11.3. The number of carbonyl (C=O) groups excluding carboxylic acids is 1. The molecule has 0 atom stereocenters. The summed E-state index contributed by atoms with van der Waals surface area (Å²) >= 11 is 0. The van der Waals surface area contributed by atoms with Crippen molar-refractivity contribution in [2.75, 3.05) is 5.32 Å². The van der Waals surface area contributed by atoms with Gasteiger partial charge in [-0.15, -0.1) is 0 Å². The Morgan fingerprint density at radius 2 is 2.29 bits per heavy atom. The summed E-state index contributed by atoms with van der Waals surface area (Å²) in [5, 5.41) is 11.2. The first-order valence-electron chi connectivity index (χ1n) is 4.30. The number of aromatic nitrogens is 1. The van der Waals surface area contributed by atoms with Crippen LogP contribution in [-0.2, 0) is 4.79 Å². The number of hydrogen-bond donors (Lipinski definition) is 1. The molecule has 14 heavy (non-hydrogen) atoms. The van der Waals surface area contributed by atoms with E-state index in [-0.39, 0.29) is 11.8 Å². The maximum absolute atomic E-state index is 11.3. The van der Waals surface area contributed by atoms with Gasteiger partial charge in [-0.05, 0) is 12.1 Å². The molecule has 0 saturated heterocycles. The third-order valence-corrected chi connectivity index (χ3v) is 1.67. The normalized spacial score (nSPS) is 9.57. The highest BCUT2D eigenvalue weighted by molar-refractivity contribution is 5.91. The summed E-state index contributed by atoms with van der Waals surface area (Å²) in [7, 11) is 0. The standard InChI is InChI=1S/C10H11N3O/c1-7(2)10(14)13-9-4-3-8(5-11)6-12-9/h3-4,6-7H,1-2H3,(H,12,13,14). The van der Waals surface area contributed by atoms with E-state index in [1.807, 2.05) is 6.07 Å². The number of hydrogen-bond acceptors (Lipinski definition) is 3. The molecule has 1 N–H and O–H groups in total. The van der Waals surface area contributed by atoms with Crippen LogP contribution in [0.2, 0.25) is 0 Å². The number of anilines is 1. The maximum Gasteiger partial charge on any atom is 0.228 e. The zero-order chi connectivity index (χ0) is 10.6. The summed E-state index contributed by atoms with van der Waals surface area (Å²) in [6.45, 7) is 3.61. The molecule has 4 nitrogen and oxygen atoms in total. The van der Waals surface area contributed by atoms with Gasteiger partial charge in [0.1, 0.15) is 11.9 Å². The first-order chi connectivity index (χ1) is 6.63. The average Bonchev–Trinajstić information content (AvgIpc) is 2.19. The highest BCUT2D eigenvalue weighted by Gasteiger charge is 2.07. The van der Waals surface area contributed by atoms with Crippen LogP contribution < -0.4 is 5.32 Å². The Bertz CT molecular complexity index is 362. The molecular weight excluding hydrogens is 178 g/mol. The highest BCUT2D eigenvalue weighted by Crippen LogP contribution is 2.05. The van der Waals surface area contributed by atoms with Gasteiger partial charge >= 0.3 is 0 Å². The predicted octanol–water partition coefficient (Wildman–Crippen LogP) is 1.55. The van der Waals surface area contributed by atoms with Crippen LogP contribution >= 0.6 is 0 Å². The molecule has 1 rings (SSSR count). The number of nitrogens with one attached hydrogen (secondary N) is 1. The molecule has 72 valence electrons. The van der Waals surface area contributed by atoms with Gasteiger partial charge < -0.3 is 5.32 Å². The molecule has 1 amide bonds. The zero-order valence-corrected chi connectivity index (χ0v) is 8.11. The molecule has 0 fully saturated rings. The number of pyridine rings is 1. The fourth-order valence-electron chi connectivity index (χ4n) is 0.805. The second-order valence-corrected chi connectivity index (χ2v) is 3.19. The monoisotopic (exact) mass is 189 g/mol.